The highest BCUT2D eigenvalue weighted by Crippen LogP contribution is 2.27. The number of ether oxygens (including phenoxy) is 2. The van der Waals surface area contributed by atoms with E-state index in [9.17, 15) is 19.7 Å². The Kier molecular flexibility index (Phi) is 7.72. The molecule has 1 N–H and O–H groups in total. The third kappa shape index (κ3) is 6.88. The molecule has 1 amide bonds. The molecule has 168 valence electrons. The molecule has 0 atom stereocenters. The normalized spacial score (nSPS) is 10.6. The van der Waals surface area contributed by atoms with Crippen molar-refractivity contribution in [1.82, 2.24) is 5.43 Å². The van der Waals surface area contributed by atoms with E-state index in [1.807, 2.05) is 0 Å². The van der Waals surface area contributed by atoms with E-state index in [0.717, 1.165) is 0 Å². The number of halogens is 1. The van der Waals surface area contributed by atoms with Gasteiger partial charge in [-0.25, -0.2) is 10.2 Å². The maximum atomic E-state index is 12.1. The molecule has 3 rings (SSSR count). The summed E-state index contributed by atoms with van der Waals surface area (Å²) in [6.45, 7) is 1.27. The number of esters is 1. The Bertz CT molecular complexity index is 1190. The Balaban J connectivity index is 1.49. The number of nitro groups is 1. The minimum Gasteiger partial charge on any atom is -0.477 e. The van der Waals surface area contributed by atoms with Gasteiger partial charge in [0.05, 0.1) is 16.7 Å². The summed E-state index contributed by atoms with van der Waals surface area (Å²) in [6.07, 6.45) is 1.39. The molecule has 0 heterocycles. The Morgan fingerprint density at radius 3 is 2.45 bits per heavy atom. The second-order valence-corrected chi connectivity index (χ2v) is 7.21. The van der Waals surface area contributed by atoms with Crippen LogP contribution in [0.2, 0.25) is 5.02 Å². The predicted molar refractivity (Wildman–Crippen MR) is 122 cm³/mol. The third-order valence-corrected chi connectivity index (χ3v) is 4.50. The molecule has 0 spiro atoms. The molecule has 0 saturated heterocycles. The lowest BCUT2D eigenvalue weighted by Crippen LogP contribution is -2.24. The fourth-order valence-electron chi connectivity index (χ4n) is 2.62. The molecule has 0 saturated carbocycles. The van der Waals surface area contributed by atoms with Gasteiger partial charge in [-0.1, -0.05) is 17.7 Å². The van der Waals surface area contributed by atoms with Gasteiger partial charge in [0.25, 0.3) is 5.91 Å². The summed E-state index contributed by atoms with van der Waals surface area (Å²) in [4.78, 5) is 34.5. The first kappa shape index (κ1) is 23.4. The highest BCUT2D eigenvalue weighted by molar-refractivity contribution is 6.30. The summed E-state index contributed by atoms with van der Waals surface area (Å²) in [7, 11) is 0. The number of hydrogen-bond donors (Lipinski definition) is 1. The Morgan fingerprint density at radius 1 is 1.09 bits per heavy atom. The molecule has 0 aromatic heterocycles. The van der Waals surface area contributed by atoms with Gasteiger partial charge in [0.15, 0.2) is 12.4 Å². The molecule has 10 heteroatoms. The standard InChI is InChI=1S/C23H18ClN3O6/c1-15-2-11-21(20(12-15)27(30)31)32-14-22(28)26-25-13-16-3-9-19(10-4-16)33-23(29)17-5-7-18(24)8-6-17/h2-13H,14H2,1H3,(H,26,28)/b25-13+. The molecule has 0 unspecified atom stereocenters. The molecule has 0 radical (unpaired) electrons. The zero-order valence-electron chi connectivity index (χ0n) is 17.4. The number of carbonyl (C=O) groups is 2. The molecule has 0 aliphatic rings. The number of benzene rings is 3. The fraction of sp³-hybridized carbons (Fsp3) is 0.0870. The Hall–Kier alpha value is -4.24. The van der Waals surface area contributed by atoms with E-state index in [1.54, 1.807) is 61.5 Å². The summed E-state index contributed by atoms with van der Waals surface area (Å²) in [5, 5.41) is 15.4. The maximum Gasteiger partial charge on any atom is 0.343 e. The first-order valence-corrected chi connectivity index (χ1v) is 9.97. The van der Waals surface area contributed by atoms with Crippen LogP contribution in [-0.4, -0.2) is 29.6 Å². The second-order valence-electron chi connectivity index (χ2n) is 6.78. The van der Waals surface area contributed by atoms with E-state index < -0.39 is 23.4 Å². The van der Waals surface area contributed by atoms with Crippen molar-refractivity contribution in [2.24, 2.45) is 5.10 Å². The second kappa shape index (κ2) is 10.9. The van der Waals surface area contributed by atoms with Gasteiger partial charge in [0, 0.05) is 11.1 Å². The molecular weight excluding hydrogens is 450 g/mol. The van der Waals surface area contributed by atoms with Gasteiger partial charge in [0.1, 0.15) is 5.75 Å². The molecule has 9 nitrogen and oxygen atoms in total. The van der Waals surface area contributed by atoms with E-state index in [0.29, 0.717) is 27.5 Å². The van der Waals surface area contributed by atoms with Crippen LogP contribution in [0.1, 0.15) is 21.5 Å². The molecule has 0 bridgehead atoms. The highest BCUT2D eigenvalue weighted by atomic mass is 35.5. The van der Waals surface area contributed by atoms with Crippen LogP contribution in [0.3, 0.4) is 0 Å². The van der Waals surface area contributed by atoms with Gasteiger partial charge in [0.2, 0.25) is 0 Å². The molecule has 0 aliphatic heterocycles. The number of nitrogens with one attached hydrogen (secondary N) is 1. The summed E-state index contributed by atoms with van der Waals surface area (Å²) >= 11 is 5.80. The number of carbonyl (C=O) groups excluding carboxylic acids is 2. The number of aryl methyl sites for hydroxylation is 1. The average Bonchev–Trinajstić information content (AvgIpc) is 2.79. The van der Waals surface area contributed by atoms with Crippen molar-refractivity contribution < 1.29 is 24.0 Å². The van der Waals surface area contributed by atoms with Crippen molar-refractivity contribution in [3.8, 4) is 11.5 Å². The van der Waals surface area contributed by atoms with E-state index in [2.05, 4.69) is 10.5 Å². The zero-order chi connectivity index (χ0) is 23.8. The van der Waals surface area contributed by atoms with Gasteiger partial charge >= 0.3 is 11.7 Å². The molecule has 0 aliphatic carbocycles. The monoisotopic (exact) mass is 467 g/mol. The van der Waals surface area contributed by atoms with Crippen molar-refractivity contribution in [2.45, 2.75) is 6.92 Å². The minimum absolute atomic E-state index is 0.00605. The largest absolute Gasteiger partial charge is 0.477 e. The van der Waals surface area contributed by atoms with Crippen molar-refractivity contribution in [3.63, 3.8) is 0 Å². The van der Waals surface area contributed by atoms with Crippen molar-refractivity contribution in [2.75, 3.05) is 6.61 Å². The lowest BCUT2D eigenvalue weighted by molar-refractivity contribution is -0.385. The van der Waals surface area contributed by atoms with Crippen LogP contribution < -0.4 is 14.9 Å². The Morgan fingerprint density at radius 2 is 1.79 bits per heavy atom. The van der Waals surface area contributed by atoms with Crippen LogP contribution >= 0.6 is 11.6 Å². The van der Waals surface area contributed by atoms with Gasteiger partial charge in [-0.05, 0) is 72.6 Å². The fourth-order valence-corrected chi connectivity index (χ4v) is 2.75. The molecule has 3 aromatic carbocycles. The van der Waals surface area contributed by atoms with E-state index in [4.69, 9.17) is 21.1 Å². The topological polar surface area (TPSA) is 120 Å². The molecular formula is C23H18ClN3O6. The van der Waals surface area contributed by atoms with Crippen LogP contribution in [0.15, 0.2) is 71.8 Å². The van der Waals surface area contributed by atoms with Crippen molar-refractivity contribution >= 4 is 35.4 Å². The zero-order valence-corrected chi connectivity index (χ0v) is 18.1. The SMILES string of the molecule is Cc1ccc(OCC(=O)N/N=C/c2ccc(OC(=O)c3ccc(Cl)cc3)cc2)c([N+](=O)[O-])c1. The third-order valence-electron chi connectivity index (χ3n) is 4.24. The van der Waals surface area contributed by atoms with Gasteiger partial charge in [-0.3, -0.25) is 14.9 Å². The number of amides is 1. The van der Waals surface area contributed by atoms with Crippen molar-refractivity contribution in [1.29, 1.82) is 0 Å². The first-order valence-electron chi connectivity index (χ1n) is 9.59. The highest BCUT2D eigenvalue weighted by Gasteiger charge is 2.16. The number of nitro benzene ring substituents is 1. The van der Waals surface area contributed by atoms with Crippen LogP contribution in [0.4, 0.5) is 5.69 Å². The van der Waals surface area contributed by atoms with E-state index >= 15 is 0 Å². The lowest BCUT2D eigenvalue weighted by Gasteiger charge is -2.06. The quantitative estimate of drug-likeness (QED) is 0.173. The van der Waals surface area contributed by atoms with Crippen LogP contribution in [0.25, 0.3) is 0 Å². The number of hydrogen-bond acceptors (Lipinski definition) is 7. The number of rotatable bonds is 8. The van der Waals surface area contributed by atoms with E-state index in [-0.39, 0.29) is 11.4 Å². The lowest BCUT2D eigenvalue weighted by atomic mass is 10.2. The maximum absolute atomic E-state index is 12.1. The van der Waals surface area contributed by atoms with Crippen LogP contribution in [-0.2, 0) is 4.79 Å². The summed E-state index contributed by atoms with van der Waals surface area (Å²) in [5.74, 6) is -0.776. The smallest absolute Gasteiger partial charge is 0.343 e. The van der Waals surface area contributed by atoms with E-state index in [1.165, 1.54) is 18.3 Å². The summed E-state index contributed by atoms with van der Waals surface area (Å²) < 4.78 is 10.5. The van der Waals surface area contributed by atoms with Gasteiger partial charge < -0.3 is 9.47 Å². The minimum atomic E-state index is -0.588. The van der Waals surface area contributed by atoms with Gasteiger partial charge in [-0.15, -0.1) is 0 Å². The number of nitrogens with zero attached hydrogens (tertiary/aromatic N) is 2. The predicted octanol–water partition coefficient (Wildman–Crippen LogP) is 4.30. The summed E-state index contributed by atoms with van der Waals surface area (Å²) in [6, 6.07) is 17.2. The molecule has 33 heavy (non-hydrogen) atoms. The first-order chi connectivity index (χ1) is 15.8. The molecule has 0 fully saturated rings. The number of hydrazone groups is 1. The Labute approximate surface area is 193 Å². The van der Waals surface area contributed by atoms with Crippen LogP contribution in [0, 0.1) is 17.0 Å². The average molecular weight is 468 g/mol. The van der Waals surface area contributed by atoms with Gasteiger partial charge in [-0.2, -0.15) is 5.10 Å². The summed E-state index contributed by atoms with van der Waals surface area (Å²) in [5.41, 5.74) is 3.76. The molecule has 3 aromatic rings. The van der Waals surface area contributed by atoms with Crippen molar-refractivity contribution in [3.05, 3.63) is 98.6 Å². The van der Waals surface area contributed by atoms with Crippen LogP contribution in [0.5, 0.6) is 11.5 Å².